The third-order valence-electron chi connectivity index (χ3n) is 7.25. The van der Waals surface area contributed by atoms with Gasteiger partial charge in [-0.15, -0.1) is 0 Å². The third-order valence-corrected chi connectivity index (χ3v) is 7.67. The molecule has 36 heavy (non-hydrogen) atoms. The maximum absolute atomic E-state index is 11.4. The summed E-state index contributed by atoms with van der Waals surface area (Å²) in [6, 6.07) is 9.97. The highest BCUT2D eigenvalue weighted by Gasteiger charge is 2.52. The van der Waals surface area contributed by atoms with Crippen molar-refractivity contribution < 1.29 is 14.1 Å². The molecule has 3 aromatic rings. The van der Waals surface area contributed by atoms with Crippen LogP contribution in [0.2, 0.25) is 5.02 Å². The highest BCUT2D eigenvalue weighted by molar-refractivity contribution is 6.66. The number of anilines is 2. The first-order valence-electron chi connectivity index (χ1n) is 12.3. The first-order chi connectivity index (χ1) is 17.1. The predicted molar refractivity (Wildman–Crippen MR) is 143 cm³/mol. The van der Waals surface area contributed by atoms with Gasteiger partial charge in [-0.2, -0.15) is 0 Å². The fourth-order valence-electron chi connectivity index (χ4n) is 4.44. The molecule has 2 fully saturated rings. The Morgan fingerprint density at radius 3 is 2.67 bits per heavy atom. The van der Waals surface area contributed by atoms with Crippen LogP contribution in [0, 0.1) is 0 Å². The molecule has 1 amide bonds. The van der Waals surface area contributed by atoms with E-state index in [1.54, 1.807) is 6.20 Å². The lowest BCUT2D eigenvalue weighted by molar-refractivity contribution is -0.119. The molecule has 1 atom stereocenters. The van der Waals surface area contributed by atoms with Gasteiger partial charge in [0.15, 0.2) is 5.82 Å². The van der Waals surface area contributed by atoms with Crippen LogP contribution in [0.5, 0.6) is 0 Å². The van der Waals surface area contributed by atoms with E-state index in [1.807, 2.05) is 58.2 Å². The van der Waals surface area contributed by atoms with Crippen molar-refractivity contribution in [2.45, 2.75) is 64.3 Å². The maximum atomic E-state index is 11.4. The molecule has 0 spiro atoms. The summed E-state index contributed by atoms with van der Waals surface area (Å²) >= 11 is 6.82. The van der Waals surface area contributed by atoms with E-state index in [4.69, 9.17) is 20.9 Å². The van der Waals surface area contributed by atoms with Gasteiger partial charge in [0.05, 0.1) is 21.9 Å². The normalized spacial score (nSPS) is 20.6. The number of pyridine rings is 2. The Hall–Kier alpha value is -2.72. The summed E-state index contributed by atoms with van der Waals surface area (Å²) in [6.45, 7) is 9.49. The SMILES string of the molecule is CC1(C)OB(c2cccc(Nc3nccc4cc(CNCC5CCC(=O)N5)cnc34)c2Cl)OC1(C)C. The molecule has 2 aromatic heterocycles. The Morgan fingerprint density at radius 2 is 1.94 bits per heavy atom. The minimum Gasteiger partial charge on any atom is -0.399 e. The van der Waals surface area contributed by atoms with Gasteiger partial charge in [-0.1, -0.05) is 23.7 Å². The number of nitrogens with zero attached hydrogens (tertiary/aromatic N) is 2. The van der Waals surface area contributed by atoms with Crippen molar-refractivity contribution in [3.05, 3.63) is 53.3 Å². The van der Waals surface area contributed by atoms with Crippen LogP contribution in [0.1, 0.15) is 46.1 Å². The summed E-state index contributed by atoms with van der Waals surface area (Å²) < 4.78 is 12.4. The first kappa shape index (κ1) is 25.0. The van der Waals surface area contributed by atoms with Gasteiger partial charge in [0.25, 0.3) is 0 Å². The molecule has 8 nitrogen and oxygen atoms in total. The molecule has 2 aliphatic rings. The summed E-state index contributed by atoms with van der Waals surface area (Å²) in [4.78, 5) is 20.6. The molecular weight excluding hydrogens is 477 g/mol. The lowest BCUT2D eigenvalue weighted by Crippen LogP contribution is -2.41. The summed E-state index contributed by atoms with van der Waals surface area (Å²) in [5.41, 5.74) is 2.37. The summed E-state index contributed by atoms with van der Waals surface area (Å²) in [6.07, 6.45) is 5.08. The van der Waals surface area contributed by atoms with Gasteiger partial charge in [-0.05, 0) is 57.9 Å². The molecule has 3 N–H and O–H groups in total. The van der Waals surface area contributed by atoms with Gasteiger partial charge in [-0.3, -0.25) is 9.78 Å². The number of carbonyl (C=O) groups excluding carboxylic acids is 1. The Morgan fingerprint density at radius 1 is 1.17 bits per heavy atom. The second-order valence-electron chi connectivity index (χ2n) is 10.4. The Balaban J connectivity index is 1.32. The van der Waals surface area contributed by atoms with Crippen molar-refractivity contribution in [3.63, 3.8) is 0 Å². The number of aromatic nitrogens is 2. The maximum Gasteiger partial charge on any atom is 0.496 e. The van der Waals surface area contributed by atoms with Crippen LogP contribution in [0.3, 0.4) is 0 Å². The van der Waals surface area contributed by atoms with Gasteiger partial charge < -0.3 is 25.3 Å². The Labute approximate surface area is 216 Å². The van der Waals surface area contributed by atoms with Gasteiger partial charge >= 0.3 is 7.12 Å². The van der Waals surface area contributed by atoms with Crippen molar-refractivity contribution in [3.8, 4) is 0 Å². The molecule has 4 heterocycles. The second kappa shape index (κ2) is 9.63. The third kappa shape index (κ3) is 4.93. The summed E-state index contributed by atoms with van der Waals surface area (Å²) in [7, 11) is -0.560. The molecule has 0 bridgehead atoms. The quantitative estimate of drug-likeness (QED) is 0.420. The number of nitrogens with one attached hydrogen (secondary N) is 3. The van der Waals surface area contributed by atoms with Crippen LogP contribution in [0.4, 0.5) is 11.5 Å². The Bertz CT molecular complexity index is 1290. The molecule has 2 aliphatic heterocycles. The fraction of sp³-hybridized carbons (Fsp3) is 0.423. The van der Waals surface area contributed by atoms with Crippen molar-refractivity contribution in [1.82, 2.24) is 20.6 Å². The van der Waals surface area contributed by atoms with E-state index in [0.29, 0.717) is 29.5 Å². The van der Waals surface area contributed by atoms with Crippen molar-refractivity contribution in [1.29, 1.82) is 0 Å². The zero-order valence-electron chi connectivity index (χ0n) is 21.0. The topological polar surface area (TPSA) is 97.4 Å². The smallest absolute Gasteiger partial charge is 0.399 e. The first-order valence-corrected chi connectivity index (χ1v) is 12.7. The molecule has 0 radical (unpaired) electrons. The van der Waals surface area contributed by atoms with E-state index >= 15 is 0 Å². The van der Waals surface area contributed by atoms with Crippen molar-refractivity contribution >= 4 is 52.5 Å². The molecule has 0 saturated carbocycles. The van der Waals surface area contributed by atoms with Crippen molar-refractivity contribution in [2.24, 2.45) is 0 Å². The number of hydrogen-bond acceptors (Lipinski definition) is 7. The standard InChI is InChI=1S/C26H31BClN5O3/c1-25(2)26(3,4)36-27(35-25)19-6-5-7-20(22(19)28)33-24-23-17(10-11-30-24)12-16(14-31-23)13-29-15-18-8-9-21(34)32-18/h5-7,10-12,14,18,29H,8-9,13,15H2,1-4H3,(H,30,33)(H,32,34). The van der Waals surface area contributed by atoms with E-state index in [1.165, 1.54) is 0 Å². The van der Waals surface area contributed by atoms with E-state index in [-0.39, 0.29) is 11.9 Å². The number of carbonyl (C=O) groups is 1. The molecule has 1 unspecified atom stereocenters. The van der Waals surface area contributed by atoms with Crippen LogP contribution >= 0.6 is 11.6 Å². The van der Waals surface area contributed by atoms with E-state index in [0.717, 1.165) is 34.9 Å². The molecule has 2 saturated heterocycles. The molecule has 188 valence electrons. The van der Waals surface area contributed by atoms with Gasteiger partial charge in [0.2, 0.25) is 5.91 Å². The van der Waals surface area contributed by atoms with Gasteiger partial charge in [-0.25, -0.2) is 4.98 Å². The summed E-state index contributed by atoms with van der Waals surface area (Å²) in [5, 5.41) is 11.2. The Kier molecular flexibility index (Phi) is 6.68. The minimum absolute atomic E-state index is 0.128. The second-order valence-corrected chi connectivity index (χ2v) is 10.8. The summed E-state index contributed by atoms with van der Waals surface area (Å²) in [5.74, 6) is 0.747. The average Bonchev–Trinajstić information content (AvgIpc) is 3.33. The lowest BCUT2D eigenvalue weighted by atomic mass is 9.79. The van der Waals surface area contributed by atoms with Crippen LogP contribution in [-0.4, -0.2) is 46.8 Å². The number of rotatable bonds is 7. The molecular formula is C26H31BClN5O3. The van der Waals surface area contributed by atoms with E-state index in [9.17, 15) is 4.79 Å². The molecule has 1 aromatic carbocycles. The number of amides is 1. The molecule has 0 aliphatic carbocycles. The van der Waals surface area contributed by atoms with Gasteiger partial charge in [0, 0.05) is 48.8 Å². The highest BCUT2D eigenvalue weighted by Crippen LogP contribution is 2.38. The van der Waals surface area contributed by atoms with Gasteiger partial charge in [0.1, 0.15) is 5.52 Å². The minimum atomic E-state index is -0.560. The number of hydrogen-bond donors (Lipinski definition) is 3. The molecule has 5 rings (SSSR count). The number of fused-ring (bicyclic) bond motifs is 1. The predicted octanol–water partition coefficient (Wildman–Crippen LogP) is 3.69. The zero-order chi connectivity index (χ0) is 25.5. The highest BCUT2D eigenvalue weighted by atomic mass is 35.5. The number of benzene rings is 1. The van der Waals surface area contributed by atoms with Crippen molar-refractivity contribution in [2.75, 3.05) is 11.9 Å². The fourth-order valence-corrected chi connectivity index (χ4v) is 4.70. The zero-order valence-corrected chi connectivity index (χ0v) is 21.8. The monoisotopic (exact) mass is 507 g/mol. The molecule has 10 heteroatoms. The number of halogens is 1. The van der Waals surface area contributed by atoms with Crippen LogP contribution in [0.25, 0.3) is 10.9 Å². The van der Waals surface area contributed by atoms with Crippen LogP contribution in [0.15, 0.2) is 42.7 Å². The average molecular weight is 508 g/mol. The van der Waals surface area contributed by atoms with Crippen LogP contribution < -0.4 is 21.4 Å². The van der Waals surface area contributed by atoms with E-state index < -0.39 is 18.3 Å². The largest absolute Gasteiger partial charge is 0.496 e. The lowest BCUT2D eigenvalue weighted by Gasteiger charge is -2.32. The van der Waals surface area contributed by atoms with Crippen LogP contribution in [-0.2, 0) is 20.6 Å². The van der Waals surface area contributed by atoms with E-state index in [2.05, 4.69) is 32.0 Å².